The van der Waals surface area contributed by atoms with E-state index in [0.717, 1.165) is 12.0 Å². The number of carbonyl (C=O) groups excluding carboxylic acids is 1. The van der Waals surface area contributed by atoms with E-state index >= 15 is 0 Å². The van der Waals surface area contributed by atoms with Crippen LogP contribution in [0.3, 0.4) is 0 Å². The summed E-state index contributed by atoms with van der Waals surface area (Å²) in [6.45, 7) is 8.88. The molecule has 2 nitrogen and oxygen atoms in total. The maximum atomic E-state index is 11.5. The Morgan fingerprint density at radius 3 is 2.43 bits per heavy atom. The third-order valence-corrected chi connectivity index (χ3v) is 5.51. The van der Waals surface area contributed by atoms with E-state index in [-0.39, 0.29) is 12.2 Å². The number of rotatable bonds is 3. The van der Waals surface area contributed by atoms with Gasteiger partial charge in [-0.25, -0.2) is 0 Å². The summed E-state index contributed by atoms with van der Waals surface area (Å²) < 4.78 is 6.29. The van der Waals surface area contributed by atoms with Gasteiger partial charge in [-0.2, -0.15) is 0 Å². The SMILES string of the molecule is CC[C@H]1O[C@@H](c2ccc(Cl)c(C(=O)Cl)c2)[C@H](C)[C@@H](C)[C@@H]1C. The monoisotopic (exact) mass is 328 g/mol. The molecule has 0 amide bonds. The van der Waals surface area contributed by atoms with E-state index in [4.69, 9.17) is 27.9 Å². The zero-order valence-corrected chi connectivity index (χ0v) is 14.4. The summed E-state index contributed by atoms with van der Waals surface area (Å²) in [5.41, 5.74) is 1.33. The number of benzene rings is 1. The normalized spacial score (nSPS) is 33.0. The molecule has 116 valence electrons. The highest BCUT2D eigenvalue weighted by molar-refractivity contribution is 6.68. The molecule has 1 saturated heterocycles. The zero-order valence-electron chi connectivity index (χ0n) is 12.9. The van der Waals surface area contributed by atoms with Crippen molar-refractivity contribution in [2.75, 3.05) is 0 Å². The number of ether oxygens (including phenoxy) is 1. The molecule has 1 aliphatic rings. The fraction of sp³-hybridized carbons (Fsp3) is 0.588. The Kier molecular flexibility index (Phi) is 5.34. The summed E-state index contributed by atoms with van der Waals surface area (Å²) in [6.07, 6.45) is 1.21. The van der Waals surface area contributed by atoms with Gasteiger partial charge in [-0.05, 0) is 53.5 Å². The van der Waals surface area contributed by atoms with Gasteiger partial charge >= 0.3 is 0 Å². The Hall–Kier alpha value is -0.570. The molecule has 1 heterocycles. The van der Waals surface area contributed by atoms with Crippen LogP contribution in [-0.2, 0) is 4.74 Å². The lowest BCUT2D eigenvalue weighted by molar-refractivity contribution is -0.136. The van der Waals surface area contributed by atoms with Gasteiger partial charge in [0.1, 0.15) is 0 Å². The van der Waals surface area contributed by atoms with E-state index in [9.17, 15) is 4.79 Å². The lowest BCUT2D eigenvalue weighted by Crippen LogP contribution is -2.40. The molecule has 1 aromatic rings. The van der Waals surface area contributed by atoms with Gasteiger partial charge in [0.15, 0.2) is 0 Å². The molecule has 0 saturated carbocycles. The summed E-state index contributed by atoms with van der Waals surface area (Å²) in [7, 11) is 0. The van der Waals surface area contributed by atoms with Crippen molar-refractivity contribution in [3.8, 4) is 0 Å². The fourth-order valence-corrected chi connectivity index (χ4v) is 3.66. The van der Waals surface area contributed by atoms with E-state index in [1.165, 1.54) is 0 Å². The molecule has 0 spiro atoms. The molecule has 5 atom stereocenters. The summed E-state index contributed by atoms with van der Waals surface area (Å²) in [5.74, 6) is 1.46. The molecule has 0 unspecified atom stereocenters. The lowest BCUT2D eigenvalue weighted by atomic mass is 9.74. The average molecular weight is 329 g/mol. The summed E-state index contributed by atoms with van der Waals surface area (Å²) in [4.78, 5) is 11.5. The van der Waals surface area contributed by atoms with Crippen LogP contribution in [0.25, 0.3) is 0 Å². The van der Waals surface area contributed by atoms with Crippen LogP contribution in [0.1, 0.15) is 56.1 Å². The van der Waals surface area contributed by atoms with Crippen molar-refractivity contribution in [2.45, 2.75) is 46.3 Å². The Morgan fingerprint density at radius 1 is 1.19 bits per heavy atom. The number of halogens is 2. The minimum absolute atomic E-state index is 0.0202. The number of hydrogen-bond donors (Lipinski definition) is 0. The molecule has 0 aromatic heterocycles. The number of hydrogen-bond acceptors (Lipinski definition) is 2. The maximum Gasteiger partial charge on any atom is 0.253 e. The van der Waals surface area contributed by atoms with Gasteiger partial charge in [0.05, 0.1) is 22.8 Å². The second-order valence-electron chi connectivity index (χ2n) is 6.09. The molecular formula is C17H22Cl2O2. The van der Waals surface area contributed by atoms with Crippen molar-refractivity contribution in [2.24, 2.45) is 17.8 Å². The topological polar surface area (TPSA) is 26.3 Å². The summed E-state index contributed by atoms with van der Waals surface area (Å²) in [6, 6.07) is 5.43. The van der Waals surface area contributed by atoms with E-state index < -0.39 is 5.24 Å². The molecule has 2 rings (SSSR count). The van der Waals surface area contributed by atoms with Crippen LogP contribution >= 0.6 is 23.2 Å². The van der Waals surface area contributed by atoms with Crippen LogP contribution in [0.2, 0.25) is 5.02 Å². The van der Waals surface area contributed by atoms with E-state index in [1.807, 2.05) is 6.07 Å². The highest BCUT2D eigenvalue weighted by Crippen LogP contribution is 2.44. The maximum absolute atomic E-state index is 11.5. The largest absolute Gasteiger partial charge is 0.370 e. The molecule has 4 heteroatoms. The van der Waals surface area contributed by atoms with Crippen LogP contribution < -0.4 is 0 Å². The first-order valence-corrected chi connectivity index (χ1v) is 8.27. The van der Waals surface area contributed by atoms with E-state index in [1.54, 1.807) is 12.1 Å². The van der Waals surface area contributed by atoms with Gasteiger partial charge in [0.25, 0.3) is 5.24 Å². The fourth-order valence-electron chi connectivity index (χ4n) is 3.25. The van der Waals surface area contributed by atoms with Gasteiger partial charge in [-0.1, -0.05) is 45.4 Å². The first-order chi connectivity index (χ1) is 9.86. The third kappa shape index (κ3) is 3.28. The van der Waals surface area contributed by atoms with Crippen LogP contribution in [0.4, 0.5) is 0 Å². The Bertz CT molecular complexity index is 528. The Balaban J connectivity index is 2.36. The third-order valence-electron chi connectivity index (χ3n) is 4.98. The van der Waals surface area contributed by atoms with Crippen molar-refractivity contribution >= 4 is 28.4 Å². The summed E-state index contributed by atoms with van der Waals surface area (Å²) in [5, 5.41) is -0.144. The first-order valence-electron chi connectivity index (χ1n) is 7.51. The minimum Gasteiger partial charge on any atom is -0.370 e. The van der Waals surface area contributed by atoms with Crippen LogP contribution in [0, 0.1) is 17.8 Å². The highest BCUT2D eigenvalue weighted by Gasteiger charge is 2.39. The smallest absolute Gasteiger partial charge is 0.253 e. The first kappa shape index (κ1) is 16.8. The zero-order chi connectivity index (χ0) is 15.7. The van der Waals surface area contributed by atoms with Gasteiger partial charge in [0, 0.05) is 0 Å². The van der Waals surface area contributed by atoms with E-state index in [0.29, 0.717) is 28.3 Å². The van der Waals surface area contributed by atoms with Crippen molar-refractivity contribution in [1.82, 2.24) is 0 Å². The molecule has 0 N–H and O–H groups in total. The second-order valence-corrected chi connectivity index (χ2v) is 6.84. The van der Waals surface area contributed by atoms with Crippen LogP contribution in [0.5, 0.6) is 0 Å². The minimum atomic E-state index is -0.529. The number of carbonyl (C=O) groups is 1. The Labute approximate surface area is 136 Å². The standard InChI is InChI=1S/C17H22Cl2O2/c1-5-15-10(3)9(2)11(4)16(21-15)12-6-7-14(18)13(8-12)17(19)20/h6-11,15-16H,5H2,1-4H3/t9-,10-,11+,15+,16+/m0/s1. The van der Waals surface area contributed by atoms with Gasteiger partial charge in [-0.15, -0.1) is 0 Å². The molecule has 21 heavy (non-hydrogen) atoms. The van der Waals surface area contributed by atoms with Crippen molar-refractivity contribution < 1.29 is 9.53 Å². The summed E-state index contributed by atoms with van der Waals surface area (Å²) >= 11 is 11.6. The van der Waals surface area contributed by atoms with Gasteiger partial charge < -0.3 is 4.74 Å². The van der Waals surface area contributed by atoms with Crippen molar-refractivity contribution in [3.63, 3.8) is 0 Å². The van der Waals surface area contributed by atoms with Crippen LogP contribution in [-0.4, -0.2) is 11.3 Å². The second kappa shape index (κ2) is 6.68. The molecule has 0 radical (unpaired) electrons. The van der Waals surface area contributed by atoms with Crippen molar-refractivity contribution in [3.05, 3.63) is 34.3 Å². The molecule has 0 aliphatic carbocycles. The van der Waals surface area contributed by atoms with Crippen molar-refractivity contribution in [1.29, 1.82) is 0 Å². The van der Waals surface area contributed by atoms with E-state index in [2.05, 4.69) is 27.7 Å². The van der Waals surface area contributed by atoms with Gasteiger partial charge in [-0.3, -0.25) is 4.79 Å². The molecule has 1 fully saturated rings. The predicted octanol–water partition coefficient (Wildman–Crippen LogP) is 5.48. The molecular weight excluding hydrogens is 307 g/mol. The lowest BCUT2D eigenvalue weighted by Gasteiger charge is -2.44. The quantitative estimate of drug-likeness (QED) is 0.687. The van der Waals surface area contributed by atoms with Crippen LogP contribution in [0.15, 0.2) is 18.2 Å². The highest BCUT2D eigenvalue weighted by atomic mass is 35.5. The average Bonchev–Trinajstić information content (AvgIpc) is 2.46. The van der Waals surface area contributed by atoms with Gasteiger partial charge in [0.2, 0.25) is 0 Å². The Morgan fingerprint density at radius 2 is 1.86 bits per heavy atom. The molecule has 0 bridgehead atoms. The molecule has 1 aliphatic heterocycles. The molecule has 1 aromatic carbocycles. The predicted molar refractivity (Wildman–Crippen MR) is 87.0 cm³/mol.